The molecule has 0 unspecified atom stereocenters. The molecule has 0 bridgehead atoms. The summed E-state index contributed by atoms with van der Waals surface area (Å²) in [5, 5.41) is 5.22. The Labute approximate surface area is 168 Å². The van der Waals surface area contributed by atoms with Crippen molar-refractivity contribution in [3.63, 3.8) is 0 Å². The van der Waals surface area contributed by atoms with Crippen LogP contribution in [0.15, 0.2) is 82.3 Å². The normalized spacial score (nSPS) is 10.9. The van der Waals surface area contributed by atoms with E-state index >= 15 is 0 Å². The highest BCUT2D eigenvalue weighted by Crippen LogP contribution is 2.24. The van der Waals surface area contributed by atoms with Crippen molar-refractivity contribution in [2.45, 2.75) is 11.3 Å². The fraction of sp³-hybridized carbons (Fsp3) is 0.100. The largest absolute Gasteiger partial charge is 0.459 e. The zero-order valence-electron chi connectivity index (χ0n) is 15.3. The van der Waals surface area contributed by atoms with Crippen LogP contribution in [0.2, 0.25) is 0 Å². The lowest BCUT2D eigenvalue weighted by molar-refractivity contribution is -0.116. The molecule has 0 aliphatic heterocycles. The van der Waals surface area contributed by atoms with E-state index in [0.29, 0.717) is 5.69 Å². The number of carbonyl (C=O) groups is 2. The second-order valence-electron chi connectivity index (χ2n) is 6.00. The van der Waals surface area contributed by atoms with Crippen LogP contribution in [0.25, 0.3) is 0 Å². The summed E-state index contributed by atoms with van der Waals surface area (Å²) in [7, 11) is -3.79. The molecule has 2 aromatic carbocycles. The number of hydrogen-bond acceptors (Lipinski definition) is 5. The van der Waals surface area contributed by atoms with E-state index < -0.39 is 15.9 Å². The van der Waals surface area contributed by atoms with Crippen LogP contribution in [0.4, 0.5) is 11.4 Å². The average molecular weight is 413 g/mol. The van der Waals surface area contributed by atoms with Crippen LogP contribution in [0.3, 0.4) is 0 Å². The molecule has 2 amide bonds. The Morgan fingerprint density at radius 3 is 2.24 bits per heavy atom. The Kier molecular flexibility index (Phi) is 6.30. The van der Waals surface area contributed by atoms with E-state index in [2.05, 4.69) is 15.4 Å². The Hall–Kier alpha value is -3.59. The van der Waals surface area contributed by atoms with Crippen LogP contribution in [0.1, 0.15) is 17.0 Å². The third-order valence-corrected chi connectivity index (χ3v) is 5.26. The molecule has 0 spiro atoms. The van der Waals surface area contributed by atoms with Gasteiger partial charge in [0, 0.05) is 13.0 Å². The summed E-state index contributed by atoms with van der Waals surface area (Å²) in [5.41, 5.74) is 0.554. The van der Waals surface area contributed by atoms with Crippen molar-refractivity contribution < 1.29 is 22.4 Å². The van der Waals surface area contributed by atoms with Gasteiger partial charge in [0.25, 0.3) is 15.9 Å². The number of nitrogens with one attached hydrogen (secondary N) is 3. The zero-order chi connectivity index (χ0) is 20.7. The Balaban J connectivity index is 1.60. The molecule has 29 heavy (non-hydrogen) atoms. The van der Waals surface area contributed by atoms with Gasteiger partial charge in [-0.05, 0) is 36.4 Å². The summed E-state index contributed by atoms with van der Waals surface area (Å²) in [5.74, 6) is -0.638. The van der Waals surface area contributed by atoms with Crippen LogP contribution in [0.5, 0.6) is 0 Å². The van der Waals surface area contributed by atoms with Crippen LogP contribution < -0.4 is 15.4 Å². The second-order valence-corrected chi connectivity index (χ2v) is 7.68. The minimum absolute atomic E-state index is 0.00617. The van der Waals surface area contributed by atoms with E-state index in [1.54, 1.807) is 48.5 Å². The molecule has 3 aromatic rings. The number of para-hydroxylation sites is 2. The maximum Gasteiger partial charge on any atom is 0.286 e. The number of hydrogen-bond donors (Lipinski definition) is 3. The quantitative estimate of drug-likeness (QED) is 0.525. The van der Waals surface area contributed by atoms with E-state index in [1.165, 1.54) is 24.5 Å². The van der Waals surface area contributed by atoms with Crippen molar-refractivity contribution in [2.75, 3.05) is 16.6 Å². The third-order valence-electron chi connectivity index (χ3n) is 3.88. The molecular formula is C20H19N3O5S. The van der Waals surface area contributed by atoms with E-state index in [-0.39, 0.29) is 35.2 Å². The predicted octanol–water partition coefficient (Wildman–Crippen LogP) is 2.84. The topological polar surface area (TPSA) is 118 Å². The summed E-state index contributed by atoms with van der Waals surface area (Å²) < 4.78 is 32.5. The number of furan rings is 1. The summed E-state index contributed by atoms with van der Waals surface area (Å²) in [4.78, 5) is 24.1. The van der Waals surface area contributed by atoms with Crippen molar-refractivity contribution in [3.8, 4) is 0 Å². The molecule has 0 saturated carbocycles. The maximum atomic E-state index is 12.5. The van der Waals surface area contributed by atoms with Crippen LogP contribution in [0, 0.1) is 0 Å². The van der Waals surface area contributed by atoms with Crippen molar-refractivity contribution >= 4 is 33.2 Å². The first-order valence-corrected chi connectivity index (χ1v) is 10.2. The highest BCUT2D eigenvalue weighted by molar-refractivity contribution is 7.92. The van der Waals surface area contributed by atoms with Gasteiger partial charge < -0.3 is 15.1 Å². The average Bonchev–Trinajstić information content (AvgIpc) is 3.25. The molecule has 0 radical (unpaired) electrons. The molecule has 3 rings (SSSR count). The lowest BCUT2D eigenvalue weighted by Crippen LogP contribution is -2.27. The number of carbonyl (C=O) groups excluding carboxylic acids is 2. The minimum atomic E-state index is -3.79. The number of amides is 2. The van der Waals surface area contributed by atoms with Gasteiger partial charge in [-0.25, -0.2) is 8.42 Å². The zero-order valence-corrected chi connectivity index (χ0v) is 16.1. The summed E-state index contributed by atoms with van der Waals surface area (Å²) >= 11 is 0. The van der Waals surface area contributed by atoms with E-state index in [1.807, 2.05) is 0 Å². The minimum Gasteiger partial charge on any atom is -0.459 e. The number of benzene rings is 2. The lowest BCUT2D eigenvalue weighted by Gasteiger charge is -2.13. The highest BCUT2D eigenvalue weighted by atomic mass is 32.2. The standard InChI is InChI=1S/C20H19N3O5S/c24-19(12-13-21-20(25)18-11-6-14-28-18)22-16-9-4-5-10-17(16)23-29(26,27)15-7-2-1-3-8-15/h1-11,14,23H,12-13H2,(H,21,25)(H,22,24). The number of anilines is 2. The lowest BCUT2D eigenvalue weighted by atomic mass is 10.2. The van der Waals surface area contributed by atoms with E-state index in [4.69, 9.17) is 4.42 Å². The molecule has 0 atom stereocenters. The molecule has 0 aliphatic rings. The Bertz CT molecular complexity index is 1080. The first-order chi connectivity index (χ1) is 14.0. The van der Waals surface area contributed by atoms with Gasteiger partial charge in [0.15, 0.2) is 5.76 Å². The summed E-state index contributed by atoms with van der Waals surface area (Å²) in [6, 6.07) is 17.5. The molecule has 1 heterocycles. The second kappa shape index (κ2) is 9.07. The monoisotopic (exact) mass is 413 g/mol. The number of rotatable bonds is 8. The molecule has 3 N–H and O–H groups in total. The molecule has 0 fully saturated rings. The molecule has 1 aromatic heterocycles. The first kappa shape index (κ1) is 20.2. The van der Waals surface area contributed by atoms with Gasteiger partial charge in [-0.15, -0.1) is 0 Å². The fourth-order valence-electron chi connectivity index (χ4n) is 2.48. The Morgan fingerprint density at radius 1 is 0.862 bits per heavy atom. The van der Waals surface area contributed by atoms with Gasteiger partial charge in [-0.1, -0.05) is 30.3 Å². The highest BCUT2D eigenvalue weighted by Gasteiger charge is 2.16. The molecule has 0 aliphatic carbocycles. The van der Waals surface area contributed by atoms with Gasteiger partial charge in [0.05, 0.1) is 22.5 Å². The smallest absolute Gasteiger partial charge is 0.286 e. The summed E-state index contributed by atoms with van der Waals surface area (Å²) in [6.45, 7) is 0.100. The van der Waals surface area contributed by atoms with Crippen molar-refractivity contribution in [2.24, 2.45) is 0 Å². The summed E-state index contributed by atoms with van der Waals surface area (Å²) in [6.07, 6.45) is 1.39. The maximum absolute atomic E-state index is 12.5. The van der Waals surface area contributed by atoms with Crippen LogP contribution >= 0.6 is 0 Å². The van der Waals surface area contributed by atoms with Gasteiger partial charge in [0.1, 0.15) is 0 Å². The van der Waals surface area contributed by atoms with Gasteiger partial charge in [-0.3, -0.25) is 14.3 Å². The molecule has 9 heteroatoms. The van der Waals surface area contributed by atoms with Crippen molar-refractivity contribution in [1.29, 1.82) is 0 Å². The third kappa shape index (κ3) is 5.45. The molecule has 150 valence electrons. The van der Waals surface area contributed by atoms with Crippen molar-refractivity contribution in [1.82, 2.24) is 5.32 Å². The van der Waals surface area contributed by atoms with Crippen LogP contribution in [-0.4, -0.2) is 26.8 Å². The fourth-order valence-corrected chi connectivity index (χ4v) is 3.58. The van der Waals surface area contributed by atoms with Crippen LogP contribution in [-0.2, 0) is 14.8 Å². The first-order valence-electron chi connectivity index (χ1n) is 8.74. The van der Waals surface area contributed by atoms with Crippen molar-refractivity contribution in [3.05, 3.63) is 78.8 Å². The van der Waals surface area contributed by atoms with E-state index in [0.717, 1.165) is 0 Å². The molecule has 8 nitrogen and oxygen atoms in total. The molecule has 0 saturated heterocycles. The predicted molar refractivity (Wildman–Crippen MR) is 108 cm³/mol. The number of sulfonamides is 1. The van der Waals surface area contributed by atoms with Gasteiger partial charge in [-0.2, -0.15) is 0 Å². The SMILES string of the molecule is O=C(CCNC(=O)c1ccco1)Nc1ccccc1NS(=O)(=O)c1ccccc1. The van der Waals surface area contributed by atoms with Gasteiger partial charge >= 0.3 is 0 Å². The Morgan fingerprint density at radius 2 is 1.55 bits per heavy atom. The molecular weight excluding hydrogens is 394 g/mol. The van der Waals surface area contributed by atoms with E-state index in [9.17, 15) is 18.0 Å². The van der Waals surface area contributed by atoms with Gasteiger partial charge in [0.2, 0.25) is 5.91 Å².